The van der Waals surface area contributed by atoms with Crippen LogP contribution in [-0.4, -0.2) is 70.5 Å². The van der Waals surface area contributed by atoms with Crippen LogP contribution in [0.4, 0.5) is 0 Å². The standard InChI is InChI=1S/C12H13N3O2.C11H9N/c16-9-7-8(13-1-2-13)12(17)11(15-5-6-15)10(9)14-3-4-14;1-2-6-10(7-3-1)11-8-4-5-9-12-11/h7H,1-6H2;1-9H. The SMILES string of the molecule is O=C1C=C(N2CC2)C(=O)C(N2CC2)=C1N1CC1.c1ccc(-c2ccccn2)cc1. The van der Waals surface area contributed by atoms with Gasteiger partial charge < -0.3 is 14.7 Å². The van der Waals surface area contributed by atoms with E-state index in [2.05, 4.69) is 17.1 Å². The molecule has 0 radical (unpaired) electrons. The van der Waals surface area contributed by atoms with E-state index in [-0.39, 0.29) is 11.6 Å². The summed E-state index contributed by atoms with van der Waals surface area (Å²) in [5.41, 5.74) is 4.08. The van der Waals surface area contributed by atoms with Crippen molar-refractivity contribution in [1.82, 2.24) is 19.7 Å². The van der Waals surface area contributed by atoms with Crippen LogP contribution in [0, 0.1) is 0 Å². The molecule has 0 N–H and O–H groups in total. The smallest absolute Gasteiger partial charge is 0.227 e. The first-order valence-electron chi connectivity index (χ1n) is 9.98. The highest BCUT2D eigenvalue weighted by molar-refractivity contribution is 6.22. The quantitative estimate of drug-likeness (QED) is 0.591. The van der Waals surface area contributed by atoms with Gasteiger partial charge in [-0.15, -0.1) is 0 Å². The van der Waals surface area contributed by atoms with Gasteiger partial charge in [-0.3, -0.25) is 14.6 Å². The van der Waals surface area contributed by atoms with Gasteiger partial charge in [0.25, 0.3) is 0 Å². The lowest BCUT2D eigenvalue weighted by molar-refractivity contribution is -0.117. The Morgan fingerprint density at radius 2 is 1.31 bits per heavy atom. The molecule has 0 unspecified atom stereocenters. The van der Waals surface area contributed by atoms with Gasteiger partial charge in [0, 0.05) is 57.1 Å². The van der Waals surface area contributed by atoms with Crippen LogP contribution in [0.15, 0.2) is 77.9 Å². The minimum atomic E-state index is 0.00546. The second-order valence-electron chi connectivity index (χ2n) is 7.46. The van der Waals surface area contributed by atoms with Crippen LogP contribution in [0.1, 0.15) is 0 Å². The summed E-state index contributed by atoms with van der Waals surface area (Å²) in [7, 11) is 0. The molecule has 1 aromatic heterocycles. The number of carbonyl (C=O) groups is 2. The summed E-state index contributed by atoms with van der Waals surface area (Å²) in [5.74, 6) is 0.0485. The molecule has 3 fully saturated rings. The van der Waals surface area contributed by atoms with Gasteiger partial charge in [-0.25, -0.2) is 0 Å². The lowest BCUT2D eigenvalue weighted by Crippen LogP contribution is -2.29. The monoisotopic (exact) mass is 386 g/mol. The van der Waals surface area contributed by atoms with Crippen molar-refractivity contribution in [3.8, 4) is 11.3 Å². The Morgan fingerprint density at radius 1 is 0.690 bits per heavy atom. The van der Waals surface area contributed by atoms with E-state index in [0.29, 0.717) is 17.1 Å². The average molecular weight is 386 g/mol. The summed E-state index contributed by atoms with van der Waals surface area (Å²) in [5, 5.41) is 0. The minimum absolute atomic E-state index is 0.00546. The first-order chi connectivity index (χ1) is 14.2. The molecule has 29 heavy (non-hydrogen) atoms. The summed E-state index contributed by atoms with van der Waals surface area (Å²) in [6.45, 7) is 5.41. The van der Waals surface area contributed by atoms with Crippen LogP contribution in [0.2, 0.25) is 0 Å². The van der Waals surface area contributed by atoms with Crippen molar-refractivity contribution in [2.24, 2.45) is 0 Å². The highest BCUT2D eigenvalue weighted by Crippen LogP contribution is 2.33. The number of benzene rings is 1. The number of ketones is 2. The van der Waals surface area contributed by atoms with Crippen LogP contribution in [0.25, 0.3) is 11.3 Å². The third kappa shape index (κ3) is 3.78. The van der Waals surface area contributed by atoms with Gasteiger partial charge in [-0.1, -0.05) is 36.4 Å². The van der Waals surface area contributed by atoms with Gasteiger partial charge in [0.15, 0.2) is 0 Å². The molecule has 3 aliphatic heterocycles. The molecule has 4 aliphatic rings. The topological polar surface area (TPSA) is 56.1 Å². The van der Waals surface area contributed by atoms with E-state index in [1.807, 2.05) is 57.3 Å². The number of allylic oxidation sites excluding steroid dienone is 1. The Morgan fingerprint density at radius 3 is 1.90 bits per heavy atom. The van der Waals surface area contributed by atoms with Crippen molar-refractivity contribution < 1.29 is 9.59 Å². The summed E-state index contributed by atoms with van der Waals surface area (Å²) >= 11 is 0. The summed E-state index contributed by atoms with van der Waals surface area (Å²) < 4.78 is 0. The molecule has 1 aromatic carbocycles. The van der Waals surface area contributed by atoms with Crippen molar-refractivity contribution >= 4 is 11.6 Å². The van der Waals surface area contributed by atoms with E-state index in [0.717, 1.165) is 50.5 Å². The van der Waals surface area contributed by atoms with Crippen molar-refractivity contribution in [3.63, 3.8) is 0 Å². The fourth-order valence-electron chi connectivity index (χ4n) is 3.42. The third-order valence-corrected chi connectivity index (χ3v) is 5.22. The second-order valence-corrected chi connectivity index (χ2v) is 7.46. The van der Waals surface area contributed by atoms with Crippen LogP contribution in [0.5, 0.6) is 0 Å². The first kappa shape index (κ1) is 17.7. The van der Waals surface area contributed by atoms with E-state index in [9.17, 15) is 9.59 Å². The maximum Gasteiger partial charge on any atom is 0.227 e. The lowest BCUT2D eigenvalue weighted by Gasteiger charge is -2.21. The fraction of sp³-hybridized carbons (Fsp3) is 0.261. The van der Waals surface area contributed by atoms with Crippen molar-refractivity contribution in [1.29, 1.82) is 0 Å². The van der Waals surface area contributed by atoms with E-state index < -0.39 is 0 Å². The molecule has 6 nitrogen and oxygen atoms in total. The Hall–Kier alpha value is -3.41. The molecule has 6 rings (SSSR count). The number of nitrogens with zero attached hydrogens (tertiary/aromatic N) is 4. The van der Waals surface area contributed by atoms with Gasteiger partial charge in [0.2, 0.25) is 11.6 Å². The molecule has 4 heterocycles. The zero-order valence-corrected chi connectivity index (χ0v) is 16.1. The minimum Gasteiger partial charge on any atom is -0.365 e. The Bertz CT molecular complexity index is 964. The van der Waals surface area contributed by atoms with Gasteiger partial charge in [-0.05, 0) is 12.1 Å². The molecule has 0 bridgehead atoms. The molecule has 146 valence electrons. The first-order valence-corrected chi connectivity index (χ1v) is 9.98. The fourth-order valence-corrected chi connectivity index (χ4v) is 3.42. The number of pyridine rings is 1. The van der Waals surface area contributed by atoms with Crippen LogP contribution in [-0.2, 0) is 9.59 Å². The highest BCUT2D eigenvalue weighted by atomic mass is 16.1. The predicted octanol–water partition coefficient (Wildman–Crippen LogP) is 1.93. The van der Waals surface area contributed by atoms with Crippen molar-refractivity contribution in [2.75, 3.05) is 39.3 Å². The molecular weight excluding hydrogens is 364 g/mol. The van der Waals surface area contributed by atoms with E-state index in [4.69, 9.17) is 0 Å². The van der Waals surface area contributed by atoms with Crippen molar-refractivity contribution in [2.45, 2.75) is 0 Å². The maximum atomic E-state index is 12.4. The zero-order valence-electron chi connectivity index (χ0n) is 16.1. The zero-order chi connectivity index (χ0) is 19.8. The molecule has 2 aromatic rings. The molecule has 3 saturated heterocycles. The Labute approximate surface area is 169 Å². The predicted molar refractivity (Wildman–Crippen MR) is 110 cm³/mol. The normalized spacial score (nSPS) is 19.6. The van der Waals surface area contributed by atoms with Gasteiger partial charge in [0.05, 0.1) is 11.4 Å². The number of carbonyl (C=O) groups excluding carboxylic acids is 2. The number of rotatable bonds is 4. The Balaban J connectivity index is 0.000000134. The lowest BCUT2D eigenvalue weighted by atomic mass is 10.0. The van der Waals surface area contributed by atoms with Crippen LogP contribution >= 0.6 is 0 Å². The largest absolute Gasteiger partial charge is 0.365 e. The molecule has 1 aliphatic carbocycles. The molecule has 6 heteroatoms. The number of hydrogen-bond donors (Lipinski definition) is 0. The second kappa shape index (κ2) is 7.20. The molecule has 0 amide bonds. The van der Waals surface area contributed by atoms with Gasteiger partial charge in [0.1, 0.15) is 11.4 Å². The van der Waals surface area contributed by atoms with E-state index in [1.165, 1.54) is 6.08 Å². The maximum absolute atomic E-state index is 12.4. The average Bonchev–Trinajstić information content (AvgIpc) is 3.60. The summed E-state index contributed by atoms with van der Waals surface area (Å²) in [6.07, 6.45) is 3.33. The number of Topliss-reactive ketones (excluding diaryl/α,β-unsaturated/α-hetero) is 1. The Kier molecular flexibility index (Phi) is 4.39. The summed E-state index contributed by atoms with van der Waals surface area (Å²) in [4.78, 5) is 34.7. The van der Waals surface area contributed by atoms with Gasteiger partial charge in [-0.2, -0.15) is 0 Å². The van der Waals surface area contributed by atoms with Gasteiger partial charge >= 0.3 is 0 Å². The number of hydrogen-bond acceptors (Lipinski definition) is 6. The number of aromatic nitrogens is 1. The molecule has 0 saturated carbocycles. The molecule has 0 atom stereocenters. The van der Waals surface area contributed by atoms with Crippen LogP contribution in [0.3, 0.4) is 0 Å². The van der Waals surface area contributed by atoms with E-state index in [1.54, 1.807) is 0 Å². The summed E-state index contributed by atoms with van der Waals surface area (Å²) in [6, 6.07) is 16.1. The van der Waals surface area contributed by atoms with E-state index >= 15 is 0 Å². The molecular formula is C23H22N4O2. The molecule has 0 spiro atoms. The van der Waals surface area contributed by atoms with Crippen molar-refractivity contribution in [3.05, 3.63) is 77.9 Å². The third-order valence-electron chi connectivity index (χ3n) is 5.22. The highest BCUT2D eigenvalue weighted by Gasteiger charge is 2.43. The van der Waals surface area contributed by atoms with Crippen LogP contribution < -0.4 is 0 Å².